The number of methoxy groups -OCH3 is 1. The summed E-state index contributed by atoms with van der Waals surface area (Å²) in [6, 6.07) is 6.16. The topological polar surface area (TPSA) is 58.6 Å². The van der Waals surface area contributed by atoms with Gasteiger partial charge in [-0.15, -0.1) is 0 Å². The third-order valence-corrected chi connectivity index (χ3v) is 5.19. The van der Waals surface area contributed by atoms with Crippen molar-refractivity contribution in [2.45, 2.75) is 19.3 Å². The predicted molar refractivity (Wildman–Crippen MR) is 92.2 cm³/mol. The monoisotopic (exact) mass is 326 g/mol. The summed E-state index contributed by atoms with van der Waals surface area (Å²) in [6.07, 6.45) is 4.87. The van der Waals surface area contributed by atoms with Crippen molar-refractivity contribution >= 4 is 22.5 Å². The fraction of sp³-hybridized carbons (Fsp3) is 0.500. The van der Waals surface area contributed by atoms with E-state index in [1.807, 2.05) is 11.0 Å². The number of hydrogen-bond donors (Lipinski definition) is 0. The number of piperazine rings is 1. The molecule has 1 saturated heterocycles. The molecular weight excluding hydrogens is 304 g/mol. The number of hydrogen-bond acceptors (Lipinski definition) is 5. The molecule has 0 unspecified atom stereocenters. The van der Waals surface area contributed by atoms with Crippen LogP contribution in [0.3, 0.4) is 0 Å². The van der Waals surface area contributed by atoms with E-state index in [4.69, 9.17) is 4.74 Å². The number of ether oxygens (including phenoxy) is 1. The zero-order valence-electron chi connectivity index (χ0n) is 13.9. The molecule has 6 nitrogen and oxygen atoms in total. The normalized spacial score (nSPS) is 18.5. The minimum Gasteiger partial charge on any atom is -0.480 e. The molecule has 4 rings (SSSR count). The first-order valence-electron chi connectivity index (χ1n) is 8.59. The summed E-state index contributed by atoms with van der Waals surface area (Å²) >= 11 is 0. The van der Waals surface area contributed by atoms with E-state index >= 15 is 0 Å². The van der Waals surface area contributed by atoms with E-state index in [-0.39, 0.29) is 0 Å². The molecule has 1 aromatic heterocycles. The molecule has 24 heavy (non-hydrogen) atoms. The standard InChI is InChI=1S/C18H22N4O2/c1-24-17-15-11-14(5-6-16(15)19-12-20-17)21-7-9-22(10-8-21)18(23)13-3-2-4-13/h5-6,11-13H,2-4,7-10H2,1H3. The number of aromatic nitrogens is 2. The van der Waals surface area contributed by atoms with Crippen LogP contribution in [0.15, 0.2) is 24.5 Å². The first-order valence-corrected chi connectivity index (χ1v) is 8.59. The molecule has 2 fully saturated rings. The second kappa shape index (κ2) is 6.26. The van der Waals surface area contributed by atoms with Gasteiger partial charge in [0.2, 0.25) is 11.8 Å². The van der Waals surface area contributed by atoms with E-state index in [0.717, 1.165) is 55.6 Å². The Hall–Kier alpha value is -2.37. The molecule has 1 aliphatic carbocycles. The number of anilines is 1. The highest BCUT2D eigenvalue weighted by atomic mass is 16.5. The molecule has 2 aromatic rings. The largest absolute Gasteiger partial charge is 0.480 e. The first kappa shape index (κ1) is 15.2. The number of fused-ring (bicyclic) bond motifs is 1. The van der Waals surface area contributed by atoms with Gasteiger partial charge in [-0.1, -0.05) is 6.42 Å². The van der Waals surface area contributed by atoms with Crippen LogP contribution in [-0.4, -0.2) is 54.1 Å². The van der Waals surface area contributed by atoms with Crippen LogP contribution in [0.25, 0.3) is 10.9 Å². The van der Waals surface area contributed by atoms with Crippen LogP contribution in [-0.2, 0) is 4.79 Å². The SMILES string of the molecule is COc1ncnc2ccc(N3CCN(C(=O)C4CCC4)CC3)cc12. The molecule has 0 N–H and O–H groups in total. The van der Waals surface area contributed by atoms with Gasteiger partial charge in [0, 0.05) is 37.8 Å². The summed E-state index contributed by atoms with van der Waals surface area (Å²) in [7, 11) is 1.62. The van der Waals surface area contributed by atoms with E-state index in [9.17, 15) is 4.79 Å². The Morgan fingerprint density at radius 3 is 2.62 bits per heavy atom. The molecule has 2 heterocycles. The maximum Gasteiger partial charge on any atom is 0.225 e. The van der Waals surface area contributed by atoms with Gasteiger partial charge in [-0.2, -0.15) is 0 Å². The Bertz CT molecular complexity index is 752. The number of benzene rings is 1. The maximum atomic E-state index is 12.4. The quantitative estimate of drug-likeness (QED) is 0.864. The van der Waals surface area contributed by atoms with Gasteiger partial charge in [-0.3, -0.25) is 4.79 Å². The van der Waals surface area contributed by atoms with Crippen molar-refractivity contribution in [3.63, 3.8) is 0 Å². The fourth-order valence-corrected chi connectivity index (χ4v) is 3.48. The molecule has 0 bridgehead atoms. The Morgan fingerprint density at radius 2 is 1.96 bits per heavy atom. The number of carbonyl (C=O) groups excluding carboxylic acids is 1. The lowest BCUT2D eigenvalue weighted by Crippen LogP contribution is -2.51. The average Bonchev–Trinajstić information content (AvgIpc) is 2.59. The summed E-state index contributed by atoms with van der Waals surface area (Å²) < 4.78 is 5.34. The van der Waals surface area contributed by atoms with Gasteiger partial charge < -0.3 is 14.5 Å². The second-order valence-corrected chi connectivity index (χ2v) is 6.52. The Kier molecular flexibility index (Phi) is 3.96. The molecule has 1 amide bonds. The minimum atomic E-state index is 0.290. The minimum absolute atomic E-state index is 0.290. The third-order valence-electron chi connectivity index (χ3n) is 5.19. The summed E-state index contributed by atoms with van der Waals surface area (Å²) in [5.41, 5.74) is 2.01. The number of rotatable bonds is 3. The van der Waals surface area contributed by atoms with E-state index in [0.29, 0.717) is 17.7 Å². The molecule has 0 atom stereocenters. The van der Waals surface area contributed by atoms with Gasteiger partial charge in [0.25, 0.3) is 0 Å². The highest BCUT2D eigenvalue weighted by Gasteiger charge is 2.31. The van der Waals surface area contributed by atoms with Crippen molar-refractivity contribution in [1.82, 2.24) is 14.9 Å². The lowest BCUT2D eigenvalue weighted by atomic mass is 9.84. The van der Waals surface area contributed by atoms with Gasteiger partial charge >= 0.3 is 0 Å². The van der Waals surface area contributed by atoms with Gasteiger partial charge in [-0.25, -0.2) is 9.97 Å². The van der Waals surface area contributed by atoms with Crippen LogP contribution in [0, 0.1) is 5.92 Å². The predicted octanol–water partition coefficient (Wildman–Crippen LogP) is 2.09. The lowest BCUT2D eigenvalue weighted by molar-refractivity contribution is -0.138. The maximum absolute atomic E-state index is 12.4. The summed E-state index contributed by atoms with van der Waals surface area (Å²) in [4.78, 5) is 25.2. The smallest absolute Gasteiger partial charge is 0.225 e. The average molecular weight is 326 g/mol. The molecule has 2 aliphatic rings. The van der Waals surface area contributed by atoms with Crippen LogP contribution < -0.4 is 9.64 Å². The van der Waals surface area contributed by atoms with E-state index in [2.05, 4.69) is 27.0 Å². The summed E-state index contributed by atoms with van der Waals surface area (Å²) in [5.74, 6) is 1.24. The molecule has 126 valence electrons. The molecule has 1 saturated carbocycles. The van der Waals surface area contributed by atoms with Gasteiger partial charge in [-0.05, 0) is 31.0 Å². The Labute approximate surface area is 141 Å². The summed E-state index contributed by atoms with van der Waals surface area (Å²) in [5, 5.41) is 0.922. The van der Waals surface area contributed by atoms with E-state index in [1.165, 1.54) is 12.7 Å². The van der Waals surface area contributed by atoms with Crippen LogP contribution in [0.2, 0.25) is 0 Å². The zero-order chi connectivity index (χ0) is 16.5. The molecule has 0 radical (unpaired) electrons. The van der Waals surface area contributed by atoms with E-state index in [1.54, 1.807) is 7.11 Å². The molecule has 1 aromatic carbocycles. The molecular formula is C18H22N4O2. The van der Waals surface area contributed by atoms with Crippen molar-refractivity contribution < 1.29 is 9.53 Å². The Morgan fingerprint density at radius 1 is 1.17 bits per heavy atom. The van der Waals surface area contributed by atoms with Crippen molar-refractivity contribution in [3.05, 3.63) is 24.5 Å². The highest BCUT2D eigenvalue weighted by molar-refractivity contribution is 5.86. The van der Waals surface area contributed by atoms with Crippen molar-refractivity contribution in [2.75, 3.05) is 38.2 Å². The van der Waals surface area contributed by atoms with Crippen LogP contribution >= 0.6 is 0 Å². The van der Waals surface area contributed by atoms with Crippen LogP contribution in [0.5, 0.6) is 5.88 Å². The molecule has 6 heteroatoms. The van der Waals surface area contributed by atoms with Crippen molar-refractivity contribution in [1.29, 1.82) is 0 Å². The fourth-order valence-electron chi connectivity index (χ4n) is 3.48. The van der Waals surface area contributed by atoms with Crippen LogP contribution in [0.4, 0.5) is 5.69 Å². The number of amides is 1. The first-order chi connectivity index (χ1) is 11.8. The second-order valence-electron chi connectivity index (χ2n) is 6.52. The van der Waals surface area contributed by atoms with Gasteiger partial charge in [0.05, 0.1) is 18.0 Å². The van der Waals surface area contributed by atoms with Crippen LogP contribution in [0.1, 0.15) is 19.3 Å². The highest BCUT2D eigenvalue weighted by Crippen LogP contribution is 2.30. The molecule has 0 spiro atoms. The number of carbonyl (C=O) groups is 1. The zero-order valence-corrected chi connectivity index (χ0v) is 13.9. The van der Waals surface area contributed by atoms with E-state index < -0.39 is 0 Å². The van der Waals surface area contributed by atoms with Crippen molar-refractivity contribution in [3.8, 4) is 5.88 Å². The summed E-state index contributed by atoms with van der Waals surface area (Å²) in [6.45, 7) is 3.32. The Balaban J connectivity index is 1.49. The van der Waals surface area contributed by atoms with Gasteiger partial charge in [0.1, 0.15) is 6.33 Å². The molecule has 1 aliphatic heterocycles. The van der Waals surface area contributed by atoms with Gasteiger partial charge in [0.15, 0.2) is 0 Å². The van der Waals surface area contributed by atoms with Crippen molar-refractivity contribution in [2.24, 2.45) is 5.92 Å². The lowest BCUT2D eigenvalue weighted by Gasteiger charge is -2.39. The third kappa shape index (κ3) is 2.66. The number of nitrogens with zero attached hydrogens (tertiary/aromatic N) is 4.